The number of nitrogens with zero attached hydrogens (tertiary/aromatic N) is 3. The molecule has 0 bridgehead atoms. The van der Waals surface area contributed by atoms with Gasteiger partial charge in [-0.15, -0.1) is 0 Å². The summed E-state index contributed by atoms with van der Waals surface area (Å²) in [5.74, 6) is 1.54. The van der Waals surface area contributed by atoms with E-state index in [9.17, 15) is 4.79 Å². The minimum absolute atomic E-state index is 0.216. The summed E-state index contributed by atoms with van der Waals surface area (Å²) in [6.45, 7) is 8.36. The Hall–Kier alpha value is -4.59. The van der Waals surface area contributed by atoms with E-state index in [2.05, 4.69) is 39.8 Å². The Morgan fingerprint density at radius 1 is 0.974 bits per heavy atom. The number of aromatic nitrogens is 3. The van der Waals surface area contributed by atoms with Crippen LogP contribution >= 0.6 is 0 Å². The summed E-state index contributed by atoms with van der Waals surface area (Å²) in [4.78, 5) is 18.0. The maximum atomic E-state index is 13.7. The van der Waals surface area contributed by atoms with Crippen LogP contribution in [0.3, 0.4) is 0 Å². The number of ether oxygens (including phenoxy) is 2. The zero-order chi connectivity index (χ0) is 26.8. The number of amides is 1. The smallest absolute Gasteiger partial charge is 0.255 e. The minimum Gasteiger partial charge on any atom is -0.493 e. The topological polar surface area (TPSA) is 90.3 Å². The van der Waals surface area contributed by atoms with E-state index in [1.165, 1.54) is 11.9 Å². The maximum absolute atomic E-state index is 13.7. The molecule has 1 atom stereocenters. The van der Waals surface area contributed by atoms with Crippen molar-refractivity contribution in [3.05, 3.63) is 106 Å². The Morgan fingerprint density at radius 2 is 1.74 bits per heavy atom. The molecular formula is C30H31N5O3. The molecule has 0 radical (unpaired) electrons. The first-order valence-electron chi connectivity index (χ1n) is 12.5. The first-order valence-corrected chi connectivity index (χ1v) is 12.5. The van der Waals surface area contributed by atoms with Crippen LogP contribution in [0.5, 0.6) is 11.5 Å². The third-order valence-corrected chi connectivity index (χ3v) is 6.69. The minimum atomic E-state index is -0.514. The van der Waals surface area contributed by atoms with E-state index in [0.717, 1.165) is 27.9 Å². The van der Waals surface area contributed by atoms with Gasteiger partial charge in [0.25, 0.3) is 5.91 Å². The number of carbonyl (C=O) groups is 1. The van der Waals surface area contributed by atoms with E-state index >= 15 is 0 Å². The molecule has 4 aromatic rings. The lowest BCUT2D eigenvalue weighted by molar-refractivity contribution is -0.113. The monoisotopic (exact) mass is 509 g/mol. The molecule has 3 aromatic carbocycles. The van der Waals surface area contributed by atoms with Crippen molar-refractivity contribution in [3.8, 4) is 11.5 Å². The highest BCUT2D eigenvalue weighted by Gasteiger charge is 2.34. The van der Waals surface area contributed by atoms with Crippen molar-refractivity contribution in [3.63, 3.8) is 0 Å². The fraction of sp³-hybridized carbons (Fsp3) is 0.233. The molecule has 8 nitrogen and oxygen atoms in total. The predicted octanol–water partition coefficient (Wildman–Crippen LogP) is 5.72. The van der Waals surface area contributed by atoms with Crippen molar-refractivity contribution < 1.29 is 14.3 Å². The van der Waals surface area contributed by atoms with Crippen LogP contribution in [0, 0.1) is 20.8 Å². The summed E-state index contributed by atoms with van der Waals surface area (Å²) in [5, 5.41) is 10.7. The van der Waals surface area contributed by atoms with Gasteiger partial charge in [0.2, 0.25) is 5.95 Å². The first-order chi connectivity index (χ1) is 18.3. The van der Waals surface area contributed by atoms with Gasteiger partial charge in [-0.2, -0.15) is 10.1 Å². The van der Waals surface area contributed by atoms with Gasteiger partial charge < -0.3 is 20.1 Å². The maximum Gasteiger partial charge on any atom is 0.255 e. The Morgan fingerprint density at radius 3 is 2.47 bits per heavy atom. The molecule has 0 spiro atoms. The Balaban J connectivity index is 1.47. The fourth-order valence-corrected chi connectivity index (χ4v) is 4.66. The number of aryl methyl sites for hydroxylation is 3. The van der Waals surface area contributed by atoms with Gasteiger partial charge >= 0.3 is 0 Å². The Labute approximate surface area is 222 Å². The number of anilines is 2. The molecule has 0 fully saturated rings. The van der Waals surface area contributed by atoms with Crippen molar-refractivity contribution >= 4 is 17.5 Å². The Kier molecular flexibility index (Phi) is 6.87. The van der Waals surface area contributed by atoms with E-state index < -0.39 is 6.04 Å². The first kappa shape index (κ1) is 25.1. The van der Waals surface area contributed by atoms with Crippen molar-refractivity contribution in [1.82, 2.24) is 14.8 Å². The van der Waals surface area contributed by atoms with Crippen molar-refractivity contribution in [2.45, 2.75) is 40.3 Å². The normalized spacial score (nSPS) is 14.5. The van der Waals surface area contributed by atoms with Gasteiger partial charge in [0, 0.05) is 11.4 Å². The quantitative estimate of drug-likeness (QED) is 0.331. The average molecular weight is 510 g/mol. The lowest BCUT2D eigenvalue weighted by atomic mass is 9.94. The van der Waals surface area contributed by atoms with Crippen LogP contribution in [0.15, 0.2) is 78.3 Å². The zero-order valence-electron chi connectivity index (χ0n) is 22.2. The molecule has 1 aliphatic heterocycles. The standard InChI is InChI=1S/C30H31N5O3/c1-18-6-9-22(10-7-18)16-38-25-13-11-23(15-26(25)37-5)28-27(21(4)33-30-31-17-32-35(28)30)29(36)34-24-12-8-19(2)14-20(24)3/h6-15,17,28H,16H2,1-5H3,(H,34,36)(H,31,32,33)/t28-/m0/s1. The van der Waals surface area contributed by atoms with Gasteiger partial charge in [0.1, 0.15) is 19.0 Å². The highest BCUT2D eigenvalue weighted by atomic mass is 16.5. The highest BCUT2D eigenvalue weighted by Crippen LogP contribution is 2.39. The molecule has 1 aromatic heterocycles. The van der Waals surface area contributed by atoms with Crippen LogP contribution in [-0.4, -0.2) is 27.8 Å². The molecule has 2 N–H and O–H groups in total. The van der Waals surface area contributed by atoms with Crippen molar-refractivity contribution in [1.29, 1.82) is 0 Å². The second kappa shape index (κ2) is 10.4. The largest absolute Gasteiger partial charge is 0.493 e. The third-order valence-electron chi connectivity index (χ3n) is 6.69. The number of nitrogens with one attached hydrogen (secondary N) is 2. The highest BCUT2D eigenvalue weighted by molar-refractivity contribution is 6.06. The lowest BCUT2D eigenvalue weighted by Crippen LogP contribution is -2.31. The predicted molar refractivity (Wildman–Crippen MR) is 148 cm³/mol. The van der Waals surface area contributed by atoms with E-state index in [1.807, 2.05) is 69.3 Å². The molecule has 0 saturated heterocycles. The molecule has 1 amide bonds. The molecule has 8 heteroatoms. The molecule has 2 heterocycles. The third kappa shape index (κ3) is 4.98. The molecule has 194 valence electrons. The number of carbonyl (C=O) groups excluding carboxylic acids is 1. The summed E-state index contributed by atoms with van der Waals surface area (Å²) in [7, 11) is 1.61. The second-order valence-corrected chi connectivity index (χ2v) is 9.55. The summed E-state index contributed by atoms with van der Waals surface area (Å²) in [6, 6.07) is 19.4. The zero-order valence-corrected chi connectivity index (χ0v) is 22.2. The molecule has 1 aliphatic rings. The van der Waals surface area contributed by atoms with Crippen LogP contribution in [0.1, 0.15) is 40.8 Å². The van der Waals surface area contributed by atoms with Crippen molar-refractivity contribution in [2.24, 2.45) is 0 Å². The van der Waals surface area contributed by atoms with Gasteiger partial charge in [0.15, 0.2) is 11.5 Å². The SMILES string of the molecule is COc1cc([C@H]2C(C(=O)Nc3ccc(C)cc3C)=C(C)Nc3ncnn32)ccc1OCc1ccc(C)cc1. The average Bonchev–Trinajstić information content (AvgIpc) is 3.37. The number of allylic oxidation sites excluding steroid dienone is 1. The number of methoxy groups -OCH3 is 1. The second-order valence-electron chi connectivity index (χ2n) is 9.55. The lowest BCUT2D eigenvalue weighted by Gasteiger charge is -2.29. The van der Waals surface area contributed by atoms with Crippen LogP contribution in [0.2, 0.25) is 0 Å². The number of fused-ring (bicyclic) bond motifs is 1. The number of hydrogen-bond donors (Lipinski definition) is 2. The van der Waals surface area contributed by atoms with Gasteiger partial charge in [-0.3, -0.25) is 4.79 Å². The van der Waals surface area contributed by atoms with Crippen LogP contribution < -0.4 is 20.1 Å². The van der Waals surface area contributed by atoms with E-state index in [1.54, 1.807) is 11.8 Å². The van der Waals surface area contributed by atoms with Crippen LogP contribution in [0.4, 0.5) is 11.6 Å². The van der Waals surface area contributed by atoms with Crippen LogP contribution in [-0.2, 0) is 11.4 Å². The summed E-state index contributed by atoms with van der Waals surface area (Å²) >= 11 is 0. The summed E-state index contributed by atoms with van der Waals surface area (Å²) in [5.41, 5.74) is 7.23. The van der Waals surface area contributed by atoms with Gasteiger partial charge in [0.05, 0.1) is 12.7 Å². The van der Waals surface area contributed by atoms with Gasteiger partial charge in [-0.25, -0.2) is 4.68 Å². The van der Waals surface area contributed by atoms with E-state index in [0.29, 0.717) is 35.3 Å². The van der Waals surface area contributed by atoms with Crippen molar-refractivity contribution in [2.75, 3.05) is 17.7 Å². The Bertz CT molecular complexity index is 1520. The molecule has 0 unspecified atom stereocenters. The summed E-state index contributed by atoms with van der Waals surface area (Å²) < 4.78 is 13.5. The van der Waals surface area contributed by atoms with Crippen LogP contribution in [0.25, 0.3) is 0 Å². The fourth-order valence-electron chi connectivity index (χ4n) is 4.66. The van der Waals surface area contributed by atoms with E-state index in [-0.39, 0.29) is 5.91 Å². The number of rotatable bonds is 7. The molecular weight excluding hydrogens is 478 g/mol. The molecule has 0 aliphatic carbocycles. The molecule has 0 saturated carbocycles. The molecule has 5 rings (SSSR count). The van der Waals surface area contributed by atoms with E-state index in [4.69, 9.17) is 9.47 Å². The molecule has 38 heavy (non-hydrogen) atoms. The number of hydrogen-bond acceptors (Lipinski definition) is 6. The summed E-state index contributed by atoms with van der Waals surface area (Å²) in [6.07, 6.45) is 1.48. The van der Waals surface area contributed by atoms with Gasteiger partial charge in [-0.1, -0.05) is 53.6 Å². The van der Waals surface area contributed by atoms with Gasteiger partial charge in [-0.05, 0) is 62.6 Å². The number of benzene rings is 3.